The molecule has 0 aromatic heterocycles. The number of halogens is 1. The van der Waals surface area contributed by atoms with E-state index in [4.69, 9.17) is 9.47 Å². The first-order valence-electron chi connectivity index (χ1n) is 8.44. The van der Waals surface area contributed by atoms with E-state index in [1.54, 1.807) is 7.11 Å². The fraction of sp³-hybridized carbons (Fsp3) is 0.579. The van der Waals surface area contributed by atoms with Crippen LogP contribution in [0.1, 0.15) is 42.5 Å². The third-order valence-corrected chi connectivity index (χ3v) is 6.04. The molecule has 0 fully saturated rings. The Bertz CT molecular complexity index is 690. The molecule has 1 spiro atoms. The fourth-order valence-electron chi connectivity index (χ4n) is 4.63. The lowest BCUT2D eigenvalue weighted by atomic mass is 9.68. The molecule has 1 N–H and O–H groups in total. The van der Waals surface area contributed by atoms with Gasteiger partial charge in [0.15, 0.2) is 11.5 Å². The summed E-state index contributed by atoms with van der Waals surface area (Å²) in [7, 11) is 3.89. The monoisotopic (exact) mass is 394 g/mol. The summed E-state index contributed by atoms with van der Waals surface area (Å²) in [6, 6.07) is 2.44. The molecule has 5 heteroatoms. The third kappa shape index (κ3) is 2.25. The standard InChI is InChI=1S/C19H25NO3.BrH/c1-11-9-14(22-4)18-17-16(11)12(2)20(3)8-7-19(17)6-5-13(21)10-15(19)23-18;/h5-6,9,12-13,15,21H,7-8,10H2,1-4H3;1H/p-1. The van der Waals surface area contributed by atoms with Crippen LogP contribution in [0.25, 0.3) is 0 Å². The largest absolute Gasteiger partial charge is 1.00 e. The first-order chi connectivity index (χ1) is 11.0. The van der Waals surface area contributed by atoms with Crippen molar-refractivity contribution >= 4 is 0 Å². The molecule has 1 aliphatic carbocycles. The normalized spacial score (nSPS) is 33.8. The molecular formula is C19H25BrNO3-. The van der Waals surface area contributed by atoms with Gasteiger partial charge in [-0.25, -0.2) is 0 Å². The number of aliphatic hydroxyl groups excluding tert-OH is 1. The van der Waals surface area contributed by atoms with E-state index in [0.29, 0.717) is 12.5 Å². The van der Waals surface area contributed by atoms with Crippen molar-refractivity contribution in [2.75, 3.05) is 20.7 Å². The van der Waals surface area contributed by atoms with Crippen molar-refractivity contribution in [3.05, 3.63) is 34.9 Å². The van der Waals surface area contributed by atoms with Crippen molar-refractivity contribution < 1.29 is 31.6 Å². The van der Waals surface area contributed by atoms with Crippen LogP contribution in [0.3, 0.4) is 0 Å². The number of methoxy groups -OCH3 is 1. The summed E-state index contributed by atoms with van der Waals surface area (Å²) in [5, 5.41) is 10.1. The second-order valence-corrected chi connectivity index (χ2v) is 7.23. The zero-order valence-corrected chi connectivity index (χ0v) is 16.3. The summed E-state index contributed by atoms with van der Waals surface area (Å²) in [5.41, 5.74) is 3.77. The summed E-state index contributed by atoms with van der Waals surface area (Å²) in [6.45, 7) is 5.44. The van der Waals surface area contributed by atoms with Gasteiger partial charge in [-0.05, 0) is 51.1 Å². The van der Waals surface area contributed by atoms with Gasteiger partial charge in [0.2, 0.25) is 0 Å². The third-order valence-electron chi connectivity index (χ3n) is 6.04. The predicted molar refractivity (Wildman–Crippen MR) is 89.3 cm³/mol. The van der Waals surface area contributed by atoms with Crippen LogP contribution in [-0.4, -0.2) is 42.9 Å². The molecule has 4 unspecified atom stereocenters. The van der Waals surface area contributed by atoms with E-state index in [9.17, 15) is 5.11 Å². The number of hydrogen-bond donors (Lipinski definition) is 1. The smallest absolute Gasteiger partial charge is 0.166 e. The van der Waals surface area contributed by atoms with Gasteiger partial charge < -0.3 is 31.6 Å². The number of nitrogens with zero attached hydrogens (tertiary/aromatic N) is 1. The highest BCUT2D eigenvalue weighted by Gasteiger charge is 2.53. The highest BCUT2D eigenvalue weighted by molar-refractivity contribution is 5.64. The highest BCUT2D eigenvalue weighted by atomic mass is 79.9. The summed E-state index contributed by atoms with van der Waals surface area (Å²) in [4.78, 5) is 2.41. The fourth-order valence-corrected chi connectivity index (χ4v) is 4.63. The maximum absolute atomic E-state index is 10.1. The molecule has 24 heavy (non-hydrogen) atoms. The summed E-state index contributed by atoms with van der Waals surface area (Å²) in [6.07, 6.45) is 5.37. The van der Waals surface area contributed by atoms with Crippen molar-refractivity contribution in [1.29, 1.82) is 0 Å². The first kappa shape index (κ1) is 17.8. The number of aliphatic hydroxyl groups is 1. The Morgan fingerprint density at radius 3 is 2.88 bits per heavy atom. The zero-order valence-electron chi connectivity index (χ0n) is 14.7. The molecule has 132 valence electrons. The molecule has 2 heterocycles. The maximum Gasteiger partial charge on any atom is 0.166 e. The van der Waals surface area contributed by atoms with Crippen LogP contribution in [0, 0.1) is 6.92 Å². The molecule has 0 radical (unpaired) electrons. The average molecular weight is 395 g/mol. The molecule has 0 bridgehead atoms. The molecule has 4 rings (SSSR count). The van der Waals surface area contributed by atoms with Crippen molar-refractivity contribution in [1.82, 2.24) is 4.90 Å². The van der Waals surface area contributed by atoms with Gasteiger partial charge in [0.25, 0.3) is 0 Å². The Kier molecular flexibility index (Phi) is 4.47. The molecule has 1 aromatic carbocycles. The van der Waals surface area contributed by atoms with Gasteiger partial charge in [0.05, 0.1) is 18.6 Å². The van der Waals surface area contributed by atoms with E-state index in [1.807, 2.05) is 6.08 Å². The van der Waals surface area contributed by atoms with Crippen LogP contribution < -0.4 is 26.5 Å². The van der Waals surface area contributed by atoms with Crippen molar-refractivity contribution in [2.45, 2.75) is 50.4 Å². The summed E-state index contributed by atoms with van der Waals surface area (Å²) >= 11 is 0. The summed E-state index contributed by atoms with van der Waals surface area (Å²) in [5.74, 6) is 1.70. The van der Waals surface area contributed by atoms with Gasteiger partial charge in [-0.2, -0.15) is 0 Å². The van der Waals surface area contributed by atoms with E-state index in [-0.39, 0.29) is 28.5 Å². The molecule has 4 atom stereocenters. The van der Waals surface area contributed by atoms with Crippen LogP contribution in [0.4, 0.5) is 0 Å². The minimum absolute atomic E-state index is 0. The van der Waals surface area contributed by atoms with Crippen LogP contribution >= 0.6 is 0 Å². The van der Waals surface area contributed by atoms with Gasteiger partial charge in [0.1, 0.15) is 6.10 Å². The SMILES string of the molecule is COc1cc(C)c2c3c1OC1CC(O)C=CC31CCN(C)C2C.[Br-]. The maximum atomic E-state index is 10.1. The van der Waals surface area contributed by atoms with E-state index >= 15 is 0 Å². The van der Waals surface area contributed by atoms with E-state index in [1.165, 1.54) is 16.7 Å². The van der Waals surface area contributed by atoms with Gasteiger partial charge in [-0.3, -0.25) is 4.90 Å². The van der Waals surface area contributed by atoms with Crippen LogP contribution in [-0.2, 0) is 5.41 Å². The van der Waals surface area contributed by atoms with E-state index < -0.39 is 6.10 Å². The Labute approximate surface area is 154 Å². The first-order valence-corrected chi connectivity index (χ1v) is 8.44. The molecule has 3 aliphatic rings. The molecule has 4 nitrogen and oxygen atoms in total. The minimum Gasteiger partial charge on any atom is -1.00 e. The van der Waals surface area contributed by atoms with Gasteiger partial charge in [-0.1, -0.05) is 12.2 Å². The number of ether oxygens (including phenoxy) is 2. The number of benzene rings is 1. The number of rotatable bonds is 1. The molecule has 1 aromatic rings. The van der Waals surface area contributed by atoms with Gasteiger partial charge in [0, 0.05) is 18.0 Å². The lowest BCUT2D eigenvalue weighted by molar-refractivity contribution is -0.00000899. The van der Waals surface area contributed by atoms with E-state index in [0.717, 1.165) is 24.5 Å². The van der Waals surface area contributed by atoms with Crippen LogP contribution in [0.5, 0.6) is 11.5 Å². The Morgan fingerprint density at radius 1 is 1.42 bits per heavy atom. The van der Waals surface area contributed by atoms with Crippen molar-refractivity contribution in [3.63, 3.8) is 0 Å². The molecule has 0 amide bonds. The minimum atomic E-state index is -0.422. The summed E-state index contributed by atoms with van der Waals surface area (Å²) < 4.78 is 12.0. The Balaban J connectivity index is 0.00000169. The molecule has 0 saturated carbocycles. The topological polar surface area (TPSA) is 41.9 Å². The molecule has 2 aliphatic heterocycles. The molecular weight excluding hydrogens is 370 g/mol. The average Bonchev–Trinajstić information content (AvgIpc) is 2.80. The zero-order chi connectivity index (χ0) is 16.4. The quantitative estimate of drug-likeness (QED) is 0.665. The van der Waals surface area contributed by atoms with Crippen LogP contribution in [0.2, 0.25) is 0 Å². The number of hydrogen-bond acceptors (Lipinski definition) is 4. The van der Waals surface area contributed by atoms with Gasteiger partial charge in [-0.15, -0.1) is 0 Å². The van der Waals surface area contributed by atoms with Gasteiger partial charge >= 0.3 is 0 Å². The Hall–Kier alpha value is -1.04. The second kappa shape index (κ2) is 6.04. The second-order valence-electron chi connectivity index (χ2n) is 7.23. The molecule has 0 saturated heterocycles. The number of aryl methyl sites for hydroxylation is 1. The van der Waals surface area contributed by atoms with Crippen molar-refractivity contribution in [2.24, 2.45) is 0 Å². The highest BCUT2D eigenvalue weighted by Crippen LogP contribution is 2.57. The van der Waals surface area contributed by atoms with E-state index in [2.05, 4.69) is 37.9 Å². The Morgan fingerprint density at radius 2 is 2.17 bits per heavy atom. The van der Waals surface area contributed by atoms with Crippen LogP contribution in [0.15, 0.2) is 18.2 Å². The van der Waals surface area contributed by atoms with Crippen molar-refractivity contribution in [3.8, 4) is 11.5 Å². The lowest BCUT2D eigenvalue weighted by Gasteiger charge is -2.35. The lowest BCUT2D eigenvalue weighted by Crippen LogP contribution is -3.00. The predicted octanol–water partition coefficient (Wildman–Crippen LogP) is -0.276.